The smallest absolute Gasteiger partial charge is 0.254 e. The van der Waals surface area contributed by atoms with Gasteiger partial charge in [-0.2, -0.15) is 5.10 Å². The van der Waals surface area contributed by atoms with Crippen LogP contribution in [0.2, 0.25) is 0 Å². The Morgan fingerprint density at radius 2 is 2.07 bits per heavy atom. The Balaban J connectivity index is 1.64. The van der Waals surface area contributed by atoms with Crippen LogP contribution in [-0.4, -0.2) is 33.7 Å². The van der Waals surface area contributed by atoms with Crippen molar-refractivity contribution >= 4 is 5.91 Å². The fraction of sp³-hybridized carbons (Fsp3) is 0.524. The van der Waals surface area contributed by atoms with Crippen LogP contribution in [0.1, 0.15) is 59.4 Å². The summed E-state index contributed by atoms with van der Waals surface area (Å²) in [5, 5.41) is 4.69. The zero-order chi connectivity index (χ0) is 19.0. The molecule has 0 spiro atoms. The summed E-state index contributed by atoms with van der Waals surface area (Å²) in [7, 11) is 3.40. The molecule has 0 bridgehead atoms. The van der Waals surface area contributed by atoms with E-state index in [1.165, 1.54) is 30.5 Å². The van der Waals surface area contributed by atoms with E-state index >= 15 is 0 Å². The number of aromatic nitrogens is 2. The van der Waals surface area contributed by atoms with Crippen molar-refractivity contribution in [3.05, 3.63) is 46.5 Å². The molecule has 1 heterocycles. The second kappa shape index (κ2) is 7.33. The van der Waals surface area contributed by atoms with Crippen LogP contribution in [0.15, 0.2) is 18.2 Å². The molecule has 1 aromatic heterocycles. The lowest BCUT2D eigenvalue weighted by molar-refractivity contribution is 0.0660. The third kappa shape index (κ3) is 3.33. The van der Waals surface area contributed by atoms with Crippen LogP contribution in [0.5, 0.6) is 5.75 Å². The summed E-state index contributed by atoms with van der Waals surface area (Å²) in [5.41, 5.74) is 3.96. The van der Waals surface area contributed by atoms with Crippen molar-refractivity contribution in [2.75, 3.05) is 7.11 Å². The predicted octanol–water partition coefficient (Wildman–Crippen LogP) is 3.64. The molecule has 6 heteroatoms. The summed E-state index contributed by atoms with van der Waals surface area (Å²) in [6, 6.07) is 4.65. The Bertz CT molecular complexity index is 855. The standard InChI is InChI=1S/C21H26FN3O2/c1-24-19-9-5-8-16(19)18(23-24)13-25(15-6-3-4-7-15)21(26)14-10-11-20(27-2)17(22)12-14/h10-12,15H,3-9,13H2,1-2H3. The molecule has 0 unspecified atom stereocenters. The summed E-state index contributed by atoms with van der Waals surface area (Å²) in [6.45, 7) is 0.500. The van der Waals surface area contributed by atoms with Gasteiger partial charge in [0.15, 0.2) is 11.6 Å². The first-order valence-corrected chi connectivity index (χ1v) is 9.76. The van der Waals surface area contributed by atoms with Gasteiger partial charge in [-0.3, -0.25) is 9.48 Å². The van der Waals surface area contributed by atoms with Gasteiger partial charge in [-0.15, -0.1) is 0 Å². The highest BCUT2D eigenvalue weighted by Gasteiger charge is 2.31. The summed E-state index contributed by atoms with van der Waals surface area (Å²) in [5.74, 6) is -0.476. The number of hydrogen-bond donors (Lipinski definition) is 0. The van der Waals surface area contributed by atoms with Crippen molar-refractivity contribution < 1.29 is 13.9 Å². The molecule has 1 saturated carbocycles. The number of halogens is 1. The maximum absolute atomic E-state index is 14.2. The first-order valence-electron chi connectivity index (χ1n) is 9.76. The summed E-state index contributed by atoms with van der Waals surface area (Å²) < 4.78 is 21.1. The molecule has 1 fully saturated rings. The van der Waals surface area contributed by atoms with E-state index in [4.69, 9.17) is 9.84 Å². The van der Waals surface area contributed by atoms with E-state index in [-0.39, 0.29) is 17.7 Å². The number of carbonyl (C=O) groups excluding carboxylic acids is 1. The van der Waals surface area contributed by atoms with Gasteiger partial charge in [0.25, 0.3) is 5.91 Å². The van der Waals surface area contributed by atoms with E-state index in [1.54, 1.807) is 6.07 Å². The number of nitrogens with zero attached hydrogens (tertiary/aromatic N) is 3. The number of methoxy groups -OCH3 is 1. The van der Waals surface area contributed by atoms with Crippen molar-refractivity contribution in [1.82, 2.24) is 14.7 Å². The Kier molecular flexibility index (Phi) is 4.89. The fourth-order valence-corrected chi connectivity index (χ4v) is 4.53. The minimum absolute atomic E-state index is 0.124. The van der Waals surface area contributed by atoms with E-state index in [0.29, 0.717) is 12.1 Å². The summed E-state index contributed by atoms with van der Waals surface area (Å²) in [4.78, 5) is 15.2. The number of aryl methyl sites for hydroxylation is 1. The molecule has 2 aromatic rings. The van der Waals surface area contributed by atoms with Crippen molar-refractivity contribution in [2.24, 2.45) is 7.05 Å². The van der Waals surface area contributed by atoms with Crippen LogP contribution in [0.25, 0.3) is 0 Å². The Morgan fingerprint density at radius 3 is 2.78 bits per heavy atom. The molecule has 1 aromatic carbocycles. The van der Waals surface area contributed by atoms with E-state index in [2.05, 4.69) is 0 Å². The highest BCUT2D eigenvalue weighted by atomic mass is 19.1. The van der Waals surface area contributed by atoms with Gasteiger partial charge in [-0.25, -0.2) is 4.39 Å². The Morgan fingerprint density at radius 1 is 1.30 bits per heavy atom. The van der Waals surface area contributed by atoms with E-state index in [1.807, 2.05) is 16.6 Å². The number of hydrogen-bond acceptors (Lipinski definition) is 3. The fourth-order valence-electron chi connectivity index (χ4n) is 4.53. The number of rotatable bonds is 5. The molecule has 1 amide bonds. The summed E-state index contributed by atoms with van der Waals surface area (Å²) in [6.07, 6.45) is 7.49. The Hall–Kier alpha value is -2.37. The van der Waals surface area contributed by atoms with Crippen LogP contribution >= 0.6 is 0 Å². The first-order chi connectivity index (χ1) is 13.1. The average molecular weight is 371 g/mol. The zero-order valence-corrected chi connectivity index (χ0v) is 16.0. The van der Waals surface area contributed by atoms with Crippen LogP contribution < -0.4 is 4.74 Å². The molecular weight excluding hydrogens is 345 g/mol. The predicted molar refractivity (Wildman–Crippen MR) is 100 cm³/mol. The molecule has 0 aliphatic heterocycles. The van der Waals surface area contributed by atoms with Crippen molar-refractivity contribution in [2.45, 2.75) is 57.5 Å². The number of amides is 1. The molecule has 27 heavy (non-hydrogen) atoms. The van der Waals surface area contributed by atoms with Gasteiger partial charge >= 0.3 is 0 Å². The minimum Gasteiger partial charge on any atom is -0.494 e. The molecular formula is C21H26FN3O2. The maximum Gasteiger partial charge on any atom is 0.254 e. The third-order valence-corrected chi connectivity index (χ3v) is 5.94. The second-order valence-electron chi connectivity index (χ2n) is 7.57. The lowest BCUT2D eigenvalue weighted by Crippen LogP contribution is -2.38. The van der Waals surface area contributed by atoms with Crippen LogP contribution in [0, 0.1) is 5.82 Å². The third-order valence-electron chi connectivity index (χ3n) is 5.94. The van der Waals surface area contributed by atoms with Gasteiger partial charge in [-0.05, 0) is 55.9 Å². The van der Waals surface area contributed by atoms with Crippen molar-refractivity contribution in [1.29, 1.82) is 0 Å². The van der Waals surface area contributed by atoms with Crippen molar-refractivity contribution in [3.8, 4) is 5.75 Å². The van der Waals surface area contributed by atoms with Crippen LogP contribution in [0.3, 0.4) is 0 Å². The topological polar surface area (TPSA) is 47.4 Å². The molecule has 144 valence electrons. The monoisotopic (exact) mass is 371 g/mol. The lowest BCUT2D eigenvalue weighted by Gasteiger charge is -2.29. The highest BCUT2D eigenvalue weighted by molar-refractivity contribution is 5.94. The number of fused-ring (bicyclic) bond motifs is 1. The van der Waals surface area contributed by atoms with Gasteiger partial charge in [0.05, 0.1) is 19.3 Å². The molecule has 2 aliphatic rings. The SMILES string of the molecule is COc1ccc(C(=O)N(Cc2nn(C)c3c2CCC3)C2CCCC2)cc1F. The largest absolute Gasteiger partial charge is 0.494 e. The van der Waals surface area contributed by atoms with Crippen LogP contribution in [-0.2, 0) is 26.4 Å². The number of ether oxygens (including phenoxy) is 1. The maximum atomic E-state index is 14.2. The lowest BCUT2D eigenvalue weighted by atomic mass is 10.1. The highest BCUT2D eigenvalue weighted by Crippen LogP contribution is 2.30. The molecule has 0 N–H and O–H groups in total. The number of carbonyl (C=O) groups is 1. The molecule has 0 atom stereocenters. The number of benzene rings is 1. The second-order valence-corrected chi connectivity index (χ2v) is 7.57. The van der Waals surface area contributed by atoms with Gasteiger partial charge in [0, 0.05) is 24.3 Å². The van der Waals surface area contributed by atoms with Gasteiger partial charge < -0.3 is 9.64 Å². The average Bonchev–Trinajstić information content (AvgIpc) is 3.40. The van der Waals surface area contributed by atoms with Gasteiger partial charge in [-0.1, -0.05) is 12.8 Å². The normalized spacial score (nSPS) is 16.6. The molecule has 4 rings (SSSR count). The molecule has 2 aliphatic carbocycles. The zero-order valence-electron chi connectivity index (χ0n) is 16.0. The molecule has 0 saturated heterocycles. The van der Waals surface area contributed by atoms with Gasteiger partial charge in [0.1, 0.15) is 0 Å². The molecule has 0 radical (unpaired) electrons. The van der Waals surface area contributed by atoms with Crippen LogP contribution in [0.4, 0.5) is 4.39 Å². The quantitative estimate of drug-likeness (QED) is 0.806. The first kappa shape index (κ1) is 18.0. The van der Waals surface area contributed by atoms with Gasteiger partial charge in [0.2, 0.25) is 0 Å². The van der Waals surface area contributed by atoms with E-state index < -0.39 is 5.82 Å². The van der Waals surface area contributed by atoms with E-state index in [9.17, 15) is 9.18 Å². The summed E-state index contributed by atoms with van der Waals surface area (Å²) >= 11 is 0. The minimum atomic E-state index is -0.506. The van der Waals surface area contributed by atoms with Crippen molar-refractivity contribution in [3.63, 3.8) is 0 Å². The van der Waals surface area contributed by atoms with E-state index in [0.717, 1.165) is 50.6 Å². The molecule has 5 nitrogen and oxygen atoms in total. The Labute approximate surface area is 159 Å².